The summed E-state index contributed by atoms with van der Waals surface area (Å²) in [6.07, 6.45) is 3.02. The molecule has 36 heavy (non-hydrogen) atoms. The zero-order chi connectivity index (χ0) is 25.6. The number of hydrogen-bond acceptors (Lipinski definition) is 7. The third-order valence-electron chi connectivity index (χ3n) is 6.70. The van der Waals surface area contributed by atoms with Gasteiger partial charge in [-0.05, 0) is 64.5 Å². The Kier molecular flexibility index (Phi) is 6.40. The van der Waals surface area contributed by atoms with Crippen LogP contribution in [-0.2, 0) is 0 Å². The third kappa shape index (κ3) is 4.54. The molecular weight excluding hydrogens is 464 g/mol. The van der Waals surface area contributed by atoms with Crippen molar-refractivity contribution in [2.24, 2.45) is 5.92 Å². The number of halogens is 2. The number of nitrogens with zero attached hydrogens (tertiary/aromatic N) is 6. The Hall–Kier alpha value is -3.50. The van der Waals surface area contributed by atoms with Gasteiger partial charge in [-0.1, -0.05) is 6.07 Å². The summed E-state index contributed by atoms with van der Waals surface area (Å²) < 4.78 is 31.6. The summed E-state index contributed by atoms with van der Waals surface area (Å²) in [7, 11) is 2.04. The van der Waals surface area contributed by atoms with Gasteiger partial charge in [0, 0.05) is 30.3 Å². The minimum absolute atomic E-state index is 0.0279. The average Bonchev–Trinajstić information content (AvgIpc) is 3.43. The molecule has 1 fully saturated rings. The number of likely N-dealkylation sites (tertiary alicyclic amines) is 1. The van der Waals surface area contributed by atoms with Crippen LogP contribution in [0.15, 0.2) is 36.7 Å². The fourth-order valence-electron chi connectivity index (χ4n) is 4.95. The zero-order valence-electron chi connectivity index (χ0n) is 20.7. The highest BCUT2D eigenvalue weighted by molar-refractivity contribution is 5.83. The largest absolute Gasteiger partial charge is 0.388 e. The topological polar surface area (TPSA) is 92.0 Å². The van der Waals surface area contributed by atoms with Crippen molar-refractivity contribution in [3.8, 4) is 11.3 Å². The fourth-order valence-corrected chi connectivity index (χ4v) is 4.95. The highest BCUT2D eigenvalue weighted by atomic mass is 19.1. The number of benzene rings is 1. The van der Waals surface area contributed by atoms with Gasteiger partial charge in [0.25, 0.3) is 0 Å². The van der Waals surface area contributed by atoms with Crippen LogP contribution in [0.25, 0.3) is 22.3 Å². The van der Waals surface area contributed by atoms with Crippen LogP contribution in [0.1, 0.15) is 43.8 Å². The van der Waals surface area contributed by atoms with E-state index < -0.39 is 17.7 Å². The van der Waals surface area contributed by atoms with Crippen LogP contribution < -0.4 is 5.32 Å². The van der Waals surface area contributed by atoms with Crippen LogP contribution in [0.4, 0.5) is 20.5 Å². The van der Waals surface area contributed by atoms with Crippen molar-refractivity contribution in [1.29, 1.82) is 0 Å². The molecule has 0 amide bonds. The van der Waals surface area contributed by atoms with E-state index in [1.54, 1.807) is 18.3 Å². The van der Waals surface area contributed by atoms with Crippen molar-refractivity contribution in [3.05, 3.63) is 59.7 Å². The summed E-state index contributed by atoms with van der Waals surface area (Å²) in [5.41, 5.74) is 1.82. The molecule has 8 nitrogen and oxygen atoms in total. The molecule has 2 atom stereocenters. The molecule has 4 heterocycles. The molecular formula is C26H29F2N7O. The first-order valence-electron chi connectivity index (χ1n) is 12.0. The first-order chi connectivity index (χ1) is 17.2. The molecule has 0 aliphatic carbocycles. The van der Waals surface area contributed by atoms with Crippen LogP contribution in [-0.4, -0.2) is 54.6 Å². The van der Waals surface area contributed by atoms with Crippen LogP contribution in [0, 0.1) is 24.5 Å². The molecule has 0 bridgehead atoms. The number of imidazole rings is 1. The SMILES string of the molecule is Cc1nc2c(F)cc(-c3nc(Nc4ccc([C@@H](O)[C@H]5CCN(C)C5)cn4)ncc3F)cc2n1C(C)C. The van der Waals surface area contributed by atoms with E-state index in [1.807, 2.05) is 38.5 Å². The summed E-state index contributed by atoms with van der Waals surface area (Å²) in [5, 5.41) is 13.6. The molecule has 3 aromatic heterocycles. The number of anilines is 2. The van der Waals surface area contributed by atoms with E-state index in [0.717, 1.165) is 31.3 Å². The van der Waals surface area contributed by atoms with Gasteiger partial charge in [0.15, 0.2) is 11.6 Å². The van der Waals surface area contributed by atoms with Gasteiger partial charge in [-0.3, -0.25) is 0 Å². The van der Waals surface area contributed by atoms with Gasteiger partial charge in [-0.15, -0.1) is 0 Å². The Labute approximate surface area is 208 Å². The van der Waals surface area contributed by atoms with Gasteiger partial charge >= 0.3 is 0 Å². The molecule has 2 N–H and O–H groups in total. The van der Waals surface area contributed by atoms with E-state index in [2.05, 4.69) is 30.2 Å². The van der Waals surface area contributed by atoms with E-state index in [-0.39, 0.29) is 34.7 Å². The molecule has 1 aromatic carbocycles. The smallest absolute Gasteiger partial charge is 0.229 e. The highest BCUT2D eigenvalue weighted by Crippen LogP contribution is 2.31. The quantitative estimate of drug-likeness (QED) is 0.399. The van der Waals surface area contributed by atoms with E-state index in [1.165, 1.54) is 6.07 Å². The first-order valence-corrected chi connectivity index (χ1v) is 12.0. The van der Waals surface area contributed by atoms with Crippen molar-refractivity contribution >= 4 is 22.8 Å². The fraction of sp³-hybridized carbons (Fsp3) is 0.385. The normalized spacial score (nSPS) is 17.3. The molecule has 0 radical (unpaired) electrons. The van der Waals surface area contributed by atoms with Gasteiger partial charge in [-0.25, -0.2) is 28.7 Å². The van der Waals surface area contributed by atoms with Gasteiger partial charge in [-0.2, -0.15) is 0 Å². The van der Waals surface area contributed by atoms with E-state index in [4.69, 9.17) is 0 Å². The predicted octanol–water partition coefficient (Wildman–Crippen LogP) is 4.78. The second-order valence-electron chi connectivity index (χ2n) is 9.70. The molecule has 188 valence electrons. The number of nitrogens with one attached hydrogen (secondary N) is 1. The number of aliphatic hydroxyl groups is 1. The van der Waals surface area contributed by atoms with Crippen molar-refractivity contribution in [3.63, 3.8) is 0 Å². The van der Waals surface area contributed by atoms with Gasteiger partial charge in [0.05, 0.1) is 17.8 Å². The van der Waals surface area contributed by atoms with Gasteiger partial charge in [0.2, 0.25) is 5.95 Å². The molecule has 1 aliphatic heterocycles. The van der Waals surface area contributed by atoms with Crippen molar-refractivity contribution in [1.82, 2.24) is 29.4 Å². The summed E-state index contributed by atoms with van der Waals surface area (Å²) >= 11 is 0. The number of fused-ring (bicyclic) bond motifs is 1. The Morgan fingerprint density at radius 1 is 1.08 bits per heavy atom. The average molecular weight is 494 g/mol. The lowest BCUT2D eigenvalue weighted by Crippen LogP contribution is -2.18. The number of aryl methyl sites for hydroxylation is 1. The number of pyridine rings is 1. The molecule has 5 rings (SSSR count). The van der Waals surface area contributed by atoms with Crippen LogP contribution >= 0.6 is 0 Å². The maximum atomic E-state index is 14.9. The molecule has 0 saturated carbocycles. The van der Waals surface area contributed by atoms with Crippen molar-refractivity contribution < 1.29 is 13.9 Å². The first kappa shape index (κ1) is 24.2. The predicted molar refractivity (Wildman–Crippen MR) is 134 cm³/mol. The summed E-state index contributed by atoms with van der Waals surface area (Å²) in [4.78, 5) is 19.2. The lowest BCUT2D eigenvalue weighted by Gasteiger charge is -2.18. The molecule has 10 heteroatoms. The van der Waals surface area contributed by atoms with Gasteiger partial charge < -0.3 is 19.9 Å². The van der Waals surface area contributed by atoms with E-state index in [0.29, 0.717) is 17.2 Å². The Morgan fingerprint density at radius 3 is 2.56 bits per heavy atom. The number of aliphatic hydroxyl groups excluding tert-OH is 1. The Morgan fingerprint density at radius 2 is 1.89 bits per heavy atom. The minimum atomic E-state index is -0.667. The minimum Gasteiger partial charge on any atom is -0.388 e. The van der Waals surface area contributed by atoms with Crippen molar-refractivity contribution in [2.45, 2.75) is 39.3 Å². The lowest BCUT2D eigenvalue weighted by molar-refractivity contribution is 0.112. The molecule has 0 unspecified atom stereocenters. The lowest BCUT2D eigenvalue weighted by atomic mass is 9.96. The highest BCUT2D eigenvalue weighted by Gasteiger charge is 2.27. The number of hydrogen-bond donors (Lipinski definition) is 2. The zero-order valence-corrected chi connectivity index (χ0v) is 20.7. The maximum Gasteiger partial charge on any atom is 0.229 e. The standard InChI is InChI=1S/C26H29F2N7O/c1-14(2)35-15(3)31-24-19(27)9-18(10-21(24)35)23-20(28)12-30-26(33-23)32-22-6-5-16(11-29-22)25(36)17-7-8-34(4)13-17/h5-6,9-12,14,17,25,36H,7-8,13H2,1-4H3,(H,29,30,32,33)/t17-,25+/m0/s1. The number of rotatable bonds is 6. The van der Waals surface area contributed by atoms with Crippen LogP contribution in [0.2, 0.25) is 0 Å². The van der Waals surface area contributed by atoms with Gasteiger partial charge in [0.1, 0.15) is 22.9 Å². The summed E-state index contributed by atoms with van der Waals surface area (Å²) in [5.74, 6) is 0.218. The maximum absolute atomic E-state index is 14.9. The molecule has 1 aliphatic rings. The monoisotopic (exact) mass is 493 g/mol. The summed E-state index contributed by atoms with van der Waals surface area (Å²) in [6, 6.07) is 6.52. The van der Waals surface area contributed by atoms with Crippen molar-refractivity contribution in [2.75, 3.05) is 25.5 Å². The second-order valence-corrected chi connectivity index (χ2v) is 9.70. The van der Waals surface area contributed by atoms with E-state index >= 15 is 0 Å². The second kappa shape index (κ2) is 9.51. The molecule has 0 spiro atoms. The van der Waals surface area contributed by atoms with Crippen LogP contribution in [0.5, 0.6) is 0 Å². The molecule has 4 aromatic rings. The number of aromatic nitrogens is 5. The Bertz CT molecular complexity index is 1400. The molecule has 1 saturated heterocycles. The van der Waals surface area contributed by atoms with Crippen LogP contribution in [0.3, 0.4) is 0 Å². The summed E-state index contributed by atoms with van der Waals surface area (Å²) in [6.45, 7) is 7.59. The third-order valence-corrected chi connectivity index (χ3v) is 6.70. The Balaban J connectivity index is 1.41. The van der Waals surface area contributed by atoms with E-state index in [9.17, 15) is 13.9 Å².